The zero-order chi connectivity index (χ0) is 21.8. The van der Waals surface area contributed by atoms with Crippen LogP contribution >= 0.6 is 11.3 Å². The topological polar surface area (TPSA) is 96.9 Å². The number of methoxy groups -OCH3 is 2. The van der Waals surface area contributed by atoms with Gasteiger partial charge in [0.15, 0.2) is 4.80 Å². The molecular formula is C20H24N4O5S. The van der Waals surface area contributed by atoms with E-state index in [4.69, 9.17) is 14.2 Å². The lowest BCUT2D eigenvalue weighted by Crippen LogP contribution is -2.23. The molecule has 3 rings (SSSR count). The number of hydrogen-bond donors (Lipinski definition) is 0. The number of amides is 1. The van der Waals surface area contributed by atoms with Gasteiger partial charge in [-0.15, -0.1) is 0 Å². The van der Waals surface area contributed by atoms with E-state index in [1.807, 2.05) is 13.8 Å². The van der Waals surface area contributed by atoms with E-state index in [2.05, 4.69) is 10.1 Å². The van der Waals surface area contributed by atoms with Gasteiger partial charge in [0.05, 0.1) is 26.5 Å². The first-order chi connectivity index (χ1) is 14.4. The van der Waals surface area contributed by atoms with E-state index in [1.54, 1.807) is 41.5 Å². The van der Waals surface area contributed by atoms with Gasteiger partial charge in [-0.2, -0.15) is 10.1 Å². The van der Waals surface area contributed by atoms with Gasteiger partial charge < -0.3 is 18.8 Å². The minimum atomic E-state index is -0.445. The maximum absolute atomic E-state index is 12.9. The molecule has 1 aromatic carbocycles. The minimum absolute atomic E-state index is 0.116. The second-order valence-electron chi connectivity index (χ2n) is 6.33. The maximum atomic E-state index is 12.9. The number of aryl methyl sites for hydroxylation is 2. The molecule has 0 aliphatic carbocycles. The normalized spacial score (nSPS) is 11.7. The summed E-state index contributed by atoms with van der Waals surface area (Å²) in [5.74, 6) is 0.247. The van der Waals surface area contributed by atoms with E-state index in [0.717, 1.165) is 5.69 Å². The fraction of sp³-hybridized carbons (Fsp3) is 0.400. The highest BCUT2D eigenvalue weighted by Gasteiger charge is 2.20. The standard InChI is InChI=1S/C20H24N4O5S/c1-6-24-13(10-12(3)22-24)19(26)21-20-23(11-16(25)29-7-2)17-14(27-4)8-9-15(28-5)18(17)30-20/h8-10H,6-7,11H2,1-5H3. The van der Waals surface area contributed by atoms with Crippen LogP contribution in [-0.2, 0) is 22.6 Å². The second-order valence-corrected chi connectivity index (χ2v) is 7.30. The van der Waals surface area contributed by atoms with Crippen LogP contribution in [-0.4, -0.2) is 47.1 Å². The third-order valence-corrected chi connectivity index (χ3v) is 5.50. The van der Waals surface area contributed by atoms with E-state index in [9.17, 15) is 9.59 Å². The molecule has 0 fully saturated rings. The van der Waals surface area contributed by atoms with Gasteiger partial charge in [0.25, 0.3) is 5.91 Å². The number of hydrogen-bond acceptors (Lipinski definition) is 7. The molecule has 0 bridgehead atoms. The number of carbonyl (C=O) groups excluding carboxylic acids is 2. The summed E-state index contributed by atoms with van der Waals surface area (Å²) in [5.41, 5.74) is 1.73. The lowest BCUT2D eigenvalue weighted by atomic mass is 10.3. The molecule has 0 aliphatic heterocycles. The van der Waals surface area contributed by atoms with Crippen LogP contribution in [0.5, 0.6) is 11.5 Å². The molecule has 160 valence electrons. The van der Waals surface area contributed by atoms with Gasteiger partial charge in [0.1, 0.15) is 34.0 Å². The predicted molar refractivity (Wildman–Crippen MR) is 112 cm³/mol. The van der Waals surface area contributed by atoms with Crippen LogP contribution in [0.15, 0.2) is 23.2 Å². The van der Waals surface area contributed by atoms with Gasteiger partial charge >= 0.3 is 5.97 Å². The fourth-order valence-electron chi connectivity index (χ4n) is 3.12. The Morgan fingerprint density at radius 1 is 1.17 bits per heavy atom. The van der Waals surface area contributed by atoms with E-state index in [0.29, 0.717) is 38.8 Å². The summed E-state index contributed by atoms with van der Waals surface area (Å²) in [6.07, 6.45) is 0. The van der Waals surface area contributed by atoms with Crippen molar-refractivity contribution in [3.05, 3.63) is 34.4 Å². The van der Waals surface area contributed by atoms with Crippen LogP contribution in [0.4, 0.5) is 0 Å². The van der Waals surface area contributed by atoms with Crippen molar-refractivity contribution in [3.63, 3.8) is 0 Å². The monoisotopic (exact) mass is 432 g/mol. The Morgan fingerprint density at radius 2 is 1.87 bits per heavy atom. The highest BCUT2D eigenvalue weighted by molar-refractivity contribution is 7.16. The number of nitrogens with zero attached hydrogens (tertiary/aromatic N) is 4. The summed E-state index contributed by atoms with van der Waals surface area (Å²) in [5, 5.41) is 4.30. The number of esters is 1. The molecule has 30 heavy (non-hydrogen) atoms. The molecule has 9 nitrogen and oxygen atoms in total. The number of aromatic nitrogens is 3. The summed E-state index contributed by atoms with van der Waals surface area (Å²) in [6.45, 7) is 6.14. The van der Waals surface area contributed by atoms with Crippen molar-refractivity contribution >= 4 is 33.4 Å². The van der Waals surface area contributed by atoms with Crippen molar-refractivity contribution in [1.29, 1.82) is 0 Å². The summed E-state index contributed by atoms with van der Waals surface area (Å²) in [6, 6.07) is 5.21. The average molecular weight is 433 g/mol. The molecule has 1 amide bonds. The Labute approximate surface area is 177 Å². The van der Waals surface area contributed by atoms with Crippen molar-refractivity contribution in [3.8, 4) is 11.5 Å². The number of carbonyl (C=O) groups is 2. The third kappa shape index (κ3) is 4.09. The van der Waals surface area contributed by atoms with Crippen molar-refractivity contribution in [2.24, 2.45) is 4.99 Å². The van der Waals surface area contributed by atoms with Crippen molar-refractivity contribution < 1.29 is 23.8 Å². The number of rotatable bonds is 7. The van der Waals surface area contributed by atoms with Crippen molar-refractivity contribution in [1.82, 2.24) is 14.3 Å². The lowest BCUT2D eigenvalue weighted by molar-refractivity contribution is -0.143. The second kappa shape index (κ2) is 9.12. The quantitative estimate of drug-likeness (QED) is 0.532. The number of benzene rings is 1. The molecule has 0 N–H and O–H groups in total. The third-order valence-electron chi connectivity index (χ3n) is 4.40. The first-order valence-corrected chi connectivity index (χ1v) is 10.3. The van der Waals surface area contributed by atoms with E-state index in [-0.39, 0.29) is 13.2 Å². The smallest absolute Gasteiger partial charge is 0.326 e. The minimum Gasteiger partial charge on any atom is -0.495 e. The van der Waals surface area contributed by atoms with Crippen LogP contribution in [0.3, 0.4) is 0 Å². The Kier molecular flexibility index (Phi) is 6.56. The van der Waals surface area contributed by atoms with E-state index >= 15 is 0 Å². The SMILES string of the molecule is CCOC(=O)Cn1c(=NC(=O)c2cc(C)nn2CC)sc2c(OC)ccc(OC)c21. The zero-order valence-electron chi connectivity index (χ0n) is 17.6. The van der Waals surface area contributed by atoms with E-state index < -0.39 is 11.9 Å². The molecule has 0 spiro atoms. The van der Waals surface area contributed by atoms with Crippen molar-refractivity contribution in [2.75, 3.05) is 20.8 Å². The molecule has 0 saturated heterocycles. The first-order valence-electron chi connectivity index (χ1n) is 9.46. The van der Waals surface area contributed by atoms with Gasteiger partial charge in [0, 0.05) is 6.54 Å². The molecule has 3 aromatic rings. The van der Waals surface area contributed by atoms with Crippen LogP contribution < -0.4 is 14.3 Å². The summed E-state index contributed by atoms with van der Waals surface area (Å²) in [4.78, 5) is 29.9. The molecule has 0 radical (unpaired) electrons. The maximum Gasteiger partial charge on any atom is 0.326 e. The zero-order valence-corrected chi connectivity index (χ0v) is 18.4. The summed E-state index contributed by atoms with van der Waals surface area (Å²) in [7, 11) is 3.10. The highest BCUT2D eigenvalue weighted by atomic mass is 32.1. The number of thiazole rings is 1. The van der Waals surface area contributed by atoms with Gasteiger partial charge in [-0.1, -0.05) is 11.3 Å². The molecule has 0 atom stereocenters. The molecule has 2 aromatic heterocycles. The highest BCUT2D eigenvalue weighted by Crippen LogP contribution is 2.35. The summed E-state index contributed by atoms with van der Waals surface area (Å²) >= 11 is 1.24. The van der Waals surface area contributed by atoms with Gasteiger partial charge in [-0.05, 0) is 39.0 Å². The Bertz CT molecular complexity index is 1160. The molecular weight excluding hydrogens is 408 g/mol. The molecule has 0 aliphatic rings. The van der Waals surface area contributed by atoms with Crippen LogP contribution in [0.25, 0.3) is 10.2 Å². The molecule has 0 saturated carbocycles. The van der Waals surface area contributed by atoms with Gasteiger partial charge in [-0.3, -0.25) is 14.3 Å². The molecule has 10 heteroatoms. The Morgan fingerprint density at radius 3 is 2.50 bits per heavy atom. The average Bonchev–Trinajstić information content (AvgIpc) is 3.28. The van der Waals surface area contributed by atoms with Gasteiger partial charge in [-0.25, -0.2) is 0 Å². The first kappa shape index (κ1) is 21.6. The van der Waals surface area contributed by atoms with Crippen LogP contribution in [0.2, 0.25) is 0 Å². The largest absolute Gasteiger partial charge is 0.495 e. The molecule has 0 unspecified atom stereocenters. The van der Waals surface area contributed by atoms with Gasteiger partial charge in [0.2, 0.25) is 0 Å². The summed E-state index contributed by atoms with van der Waals surface area (Å²) < 4.78 is 20.0. The Balaban J connectivity index is 2.25. The van der Waals surface area contributed by atoms with E-state index in [1.165, 1.54) is 18.4 Å². The van der Waals surface area contributed by atoms with Crippen LogP contribution in [0, 0.1) is 6.92 Å². The predicted octanol–water partition coefficient (Wildman–Crippen LogP) is 2.55. The number of fused-ring (bicyclic) bond motifs is 1. The number of ether oxygens (including phenoxy) is 3. The fourth-order valence-corrected chi connectivity index (χ4v) is 4.26. The lowest BCUT2D eigenvalue weighted by Gasteiger charge is -2.10. The molecule has 2 heterocycles. The van der Waals surface area contributed by atoms with Crippen LogP contribution in [0.1, 0.15) is 30.0 Å². The van der Waals surface area contributed by atoms with Crippen molar-refractivity contribution in [2.45, 2.75) is 33.9 Å². The Hall–Kier alpha value is -3.14.